The van der Waals surface area contributed by atoms with E-state index in [1.807, 2.05) is 20.8 Å². The minimum atomic E-state index is -4.44. The molecule has 10 heteroatoms. The summed E-state index contributed by atoms with van der Waals surface area (Å²) in [5.41, 5.74) is 0. The van der Waals surface area contributed by atoms with Crippen molar-refractivity contribution in [1.82, 2.24) is 9.36 Å². The molecule has 0 saturated carbocycles. The van der Waals surface area contributed by atoms with Gasteiger partial charge < -0.3 is 0 Å². The topological polar surface area (TPSA) is 71.5 Å². The number of nitrogens with zero attached hydrogens (tertiary/aromatic N) is 3. The Morgan fingerprint density at radius 1 is 0.632 bits per heavy atom. The van der Waals surface area contributed by atoms with E-state index < -0.39 is 54.2 Å². The third-order valence-electron chi connectivity index (χ3n) is 8.55. The van der Waals surface area contributed by atoms with Gasteiger partial charge in [-0.05, 0) is 0 Å². The van der Waals surface area contributed by atoms with Crippen molar-refractivity contribution in [3.05, 3.63) is 12.3 Å². The minimum absolute atomic E-state index is 0.395. The number of hydrogen-bond donors (Lipinski definition) is 0. The third-order valence-corrected chi connectivity index (χ3v) is 38.2. The van der Waals surface area contributed by atoms with Crippen LogP contribution in [0.2, 0.25) is 6.86 Å². The van der Waals surface area contributed by atoms with Gasteiger partial charge >= 0.3 is 248 Å². The predicted molar refractivity (Wildman–Crippen MR) is 164 cm³/mol. The van der Waals surface area contributed by atoms with E-state index in [1.54, 1.807) is 6.92 Å². The average Bonchev–Trinajstić information content (AvgIpc) is 2.86. The Bertz CT molecular complexity index is 675. The SMILES string of the molecule is C=C(C)[O][Sn]([O]C(C)=O)([O]C(C)=O)[C](C)(CC)CC.CC[N](C)[Sn]([N](C)CC)([N](C)CC)[C](C)(CC)CC. The molecule has 0 atom stereocenters. The molecule has 38 heavy (non-hydrogen) atoms. The number of rotatable bonds is 16. The van der Waals surface area contributed by atoms with Crippen LogP contribution in [0.5, 0.6) is 0 Å². The molecule has 0 aromatic carbocycles. The first-order chi connectivity index (χ1) is 17.4. The molecule has 0 saturated heterocycles. The van der Waals surface area contributed by atoms with Gasteiger partial charge in [-0.3, -0.25) is 0 Å². The normalized spacial score (nSPS) is 12.8. The van der Waals surface area contributed by atoms with Gasteiger partial charge in [-0.25, -0.2) is 0 Å². The Hall–Kier alpha value is -0.0426. The van der Waals surface area contributed by atoms with Crippen LogP contribution in [-0.4, -0.2) is 101 Å². The molecule has 0 amide bonds. The van der Waals surface area contributed by atoms with Crippen LogP contribution >= 0.6 is 0 Å². The average molecular weight is 757 g/mol. The van der Waals surface area contributed by atoms with Crippen LogP contribution in [0.3, 0.4) is 0 Å². The summed E-state index contributed by atoms with van der Waals surface area (Å²) in [6.07, 6.45) is 3.93. The summed E-state index contributed by atoms with van der Waals surface area (Å²) in [7, 11) is 7.08. The molecule has 0 heterocycles. The summed E-state index contributed by atoms with van der Waals surface area (Å²) in [5.74, 6) is -0.593. The fourth-order valence-corrected chi connectivity index (χ4v) is 33.1. The summed E-state index contributed by atoms with van der Waals surface area (Å²) in [4.78, 5) is 22.9. The van der Waals surface area contributed by atoms with E-state index in [-0.39, 0.29) is 0 Å². The van der Waals surface area contributed by atoms with Crippen molar-refractivity contribution in [2.24, 2.45) is 0 Å². The summed E-state index contributed by atoms with van der Waals surface area (Å²) in [5, 5.41) is 0. The Morgan fingerprint density at radius 2 is 0.921 bits per heavy atom. The second-order valence-electron chi connectivity index (χ2n) is 10.8. The maximum atomic E-state index is 11.4. The number of carbonyl (C=O) groups excluding carboxylic acids is 2. The molecule has 0 aromatic rings. The molecule has 0 unspecified atom stereocenters. The molecule has 0 aliphatic carbocycles. The molecular formula is C28H61N3O5Sn2. The molecule has 0 radical (unpaired) electrons. The fourth-order valence-electron chi connectivity index (χ4n) is 5.37. The van der Waals surface area contributed by atoms with E-state index in [1.165, 1.54) is 26.7 Å². The van der Waals surface area contributed by atoms with Gasteiger partial charge in [-0.15, -0.1) is 0 Å². The van der Waals surface area contributed by atoms with Gasteiger partial charge in [0.2, 0.25) is 0 Å². The zero-order valence-electron chi connectivity index (χ0n) is 27.5. The van der Waals surface area contributed by atoms with Crippen molar-refractivity contribution in [3.63, 3.8) is 0 Å². The number of carbonyl (C=O) groups is 2. The van der Waals surface area contributed by atoms with E-state index >= 15 is 0 Å². The zero-order chi connectivity index (χ0) is 30.5. The third kappa shape index (κ3) is 9.24. The van der Waals surface area contributed by atoms with Crippen molar-refractivity contribution >= 4 is 50.8 Å². The van der Waals surface area contributed by atoms with Crippen LogP contribution in [0.4, 0.5) is 0 Å². The van der Waals surface area contributed by atoms with Crippen molar-refractivity contribution in [1.29, 1.82) is 0 Å². The maximum absolute atomic E-state index is 11.4. The quantitative estimate of drug-likeness (QED) is 0.130. The second-order valence-corrected chi connectivity index (χ2v) is 32.7. The molecule has 226 valence electrons. The van der Waals surface area contributed by atoms with Gasteiger partial charge in [-0.2, -0.15) is 0 Å². The van der Waals surface area contributed by atoms with Crippen LogP contribution in [-0.2, 0) is 18.8 Å². The van der Waals surface area contributed by atoms with Crippen LogP contribution in [0.1, 0.15) is 109 Å². The molecule has 0 rings (SSSR count). The summed E-state index contributed by atoms with van der Waals surface area (Å²) >= 11 is -7.24. The Labute approximate surface area is 246 Å². The molecule has 0 aliphatic heterocycles. The van der Waals surface area contributed by atoms with Gasteiger partial charge in [-0.1, -0.05) is 0 Å². The van der Waals surface area contributed by atoms with Gasteiger partial charge in [0.15, 0.2) is 0 Å². The molecule has 0 aliphatic rings. The monoisotopic (exact) mass is 759 g/mol. The molecule has 0 spiro atoms. The van der Waals surface area contributed by atoms with Gasteiger partial charge in [0.05, 0.1) is 0 Å². The Morgan fingerprint density at radius 3 is 1.11 bits per heavy atom. The standard InChI is InChI=1S/2C6H13.3C3H8N.C3H6O.2C2H4O2.2Sn/c2*1-4-6(3)5-2;3*1-3-4-2;1-3(2)4;2*1-2(3)4;;/h2*4-5H2,1-3H3;3*3H2,1-2H3;4H,1H2,2H3;2*1H3,(H,3,4);;/q;;3*-1;;;;2*+3/p-3. The first-order valence-corrected chi connectivity index (χ1v) is 24.5. The summed E-state index contributed by atoms with van der Waals surface area (Å²) < 4.78 is 24.8. The molecule has 0 N–H and O–H groups in total. The number of hydrogen-bond acceptors (Lipinski definition) is 8. The van der Waals surface area contributed by atoms with Crippen molar-refractivity contribution in [2.45, 2.75) is 116 Å². The molecule has 0 fully saturated rings. The summed E-state index contributed by atoms with van der Waals surface area (Å²) in [6.45, 7) is 31.5. The number of allylic oxidation sites excluding steroid dienone is 1. The van der Waals surface area contributed by atoms with E-state index in [0.717, 1.165) is 19.6 Å². The van der Waals surface area contributed by atoms with Crippen LogP contribution in [0, 0.1) is 0 Å². The van der Waals surface area contributed by atoms with E-state index in [9.17, 15) is 9.59 Å². The second kappa shape index (κ2) is 17.7. The molecule has 0 bridgehead atoms. The Kier molecular flexibility index (Phi) is 18.7. The molecule has 0 aromatic heterocycles. The van der Waals surface area contributed by atoms with Gasteiger partial charge in [0.25, 0.3) is 0 Å². The predicted octanol–water partition coefficient (Wildman–Crippen LogP) is 6.54. The van der Waals surface area contributed by atoms with E-state index in [0.29, 0.717) is 22.0 Å². The molecule has 8 nitrogen and oxygen atoms in total. The van der Waals surface area contributed by atoms with Gasteiger partial charge in [0.1, 0.15) is 0 Å². The molecular weight excluding hydrogens is 696 g/mol. The first-order valence-electron chi connectivity index (χ1n) is 14.3. The van der Waals surface area contributed by atoms with Crippen LogP contribution < -0.4 is 0 Å². The fraction of sp³-hybridized carbons (Fsp3) is 0.857. The van der Waals surface area contributed by atoms with E-state index in [2.05, 4.69) is 78.6 Å². The summed E-state index contributed by atoms with van der Waals surface area (Å²) in [6, 6.07) is 0. The van der Waals surface area contributed by atoms with Crippen LogP contribution in [0.15, 0.2) is 12.3 Å². The zero-order valence-corrected chi connectivity index (χ0v) is 33.2. The Balaban J connectivity index is 0. The van der Waals surface area contributed by atoms with E-state index in [4.69, 9.17) is 9.22 Å². The van der Waals surface area contributed by atoms with Crippen molar-refractivity contribution < 1.29 is 18.8 Å². The first kappa shape index (κ1) is 40.1. The van der Waals surface area contributed by atoms with Crippen molar-refractivity contribution in [3.8, 4) is 0 Å². The van der Waals surface area contributed by atoms with Crippen molar-refractivity contribution in [2.75, 3.05) is 40.8 Å². The van der Waals surface area contributed by atoms with Gasteiger partial charge in [0, 0.05) is 0 Å². The van der Waals surface area contributed by atoms with Crippen LogP contribution in [0.25, 0.3) is 0 Å².